The minimum absolute atomic E-state index is 0.359. The molecule has 1 heterocycles. The third kappa shape index (κ3) is 4.82. The number of hydrogen-bond acceptors (Lipinski definition) is 4. The maximum Gasteiger partial charge on any atom is 0.115 e. The second kappa shape index (κ2) is 7.48. The monoisotopic (exact) mass is 263 g/mol. The SMILES string of the molecule is NCCCCN1CCN(Cc2cccc(O)c2)CC1. The number of hydrogen-bond donors (Lipinski definition) is 2. The van der Waals surface area contributed by atoms with E-state index in [0.29, 0.717) is 5.75 Å². The fourth-order valence-corrected chi connectivity index (χ4v) is 2.56. The topological polar surface area (TPSA) is 52.7 Å². The molecule has 0 bridgehead atoms. The average Bonchev–Trinajstić information content (AvgIpc) is 2.41. The van der Waals surface area contributed by atoms with E-state index in [1.807, 2.05) is 12.1 Å². The molecule has 0 amide bonds. The molecule has 0 atom stereocenters. The van der Waals surface area contributed by atoms with Gasteiger partial charge in [0.05, 0.1) is 0 Å². The first kappa shape index (κ1) is 14.3. The zero-order valence-corrected chi connectivity index (χ0v) is 11.6. The number of nitrogens with two attached hydrogens (primary N) is 1. The fourth-order valence-electron chi connectivity index (χ4n) is 2.56. The van der Waals surface area contributed by atoms with Crippen LogP contribution in [0.15, 0.2) is 24.3 Å². The molecule has 0 radical (unpaired) electrons. The molecule has 0 aromatic heterocycles. The third-order valence-corrected chi connectivity index (χ3v) is 3.71. The zero-order chi connectivity index (χ0) is 13.5. The Balaban J connectivity index is 1.71. The van der Waals surface area contributed by atoms with Crippen LogP contribution >= 0.6 is 0 Å². The zero-order valence-electron chi connectivity index (χ0n) is 11.6. The van der Waals surface area contributed by atoms with Crippen molar-refractivity contribution in [1.82, 2.24) is 9.80 Å². The Morgan fingerprint density at radius 1 is 1.05 bits per heavy atom. The molecular weight excluding hydrogens is 238 g/mol. The minimum atomic E-state index is 0.359. The van der Waals surface area contributed by atoms with Gasteiger partial charge in [0.2, 0.25) is 0 Å². The van der Waals surface area contributed by atoms with Crippen molar-refractivity contribution in [2.75, 3.05) is 39.3 Å². The number of piperazine rings is 1. The Kier molecular flexibility index (Phi) is 5.63. The summed E-state index contributed by atoms with van der Waals surface area (Å²) >= 11 is 0. The summed E-state index contributed by atoms with van der Waals surface area (Å²) < 4.78 is 0. The Labute approximate surface area is 115 Å². The van der Waals surface area contributed by atoms with Crippen molar-refractivity contribution in [2.45, 2.75) is 19.4 Å². The van der Waals surface area contributed by atoms with E-state index < -0.39 is 0 Å². The van der Waals surface area contributed by atoms with Crippen molar-refractivity contribution in [1.29, 1.82) is 0 Å². The Hall–Kier alpha value is -1.10. The number of phenolic OH excluding ortho intramolecular Hbond substituents is 1. The van der Waals surface area contributed by atoms with Crippen LogP contribution in [0.5, 0.6) is 5.75 Å². The summed E-state index contributed by atoms with van der Waals surface area (Å²) in [4.78, 5) is 4.98. The van der Waals surface area contributed by atoms with Gasteiger partial charge in [0, 0.05) is 32.7 Å². The number of rotatable bonds is 6. The number of phenols is 1. The number of nitrogens with zero attached hydrogens (tertiary/aromatic N) is 2. The molecule has 2 rings (SSSR count). The molecule has 1 saturated heterocycles. The third-order valence-electron chi connectivity index (χ3n) is 3.71. The minimum Gasteiger partial charge on any atom is -0.508 e. The molecule has 4 heteroatoms. The van der Waals surface area contributed by atoms with Crippen LogP contribution in [0.2, 0.25) is 0 Å². The molecular formula is C15H25N3O. The number of aromatic hydroxyl groups is 1. The van der Waals surface area contributed by atoms with Gasteiger partial charge in [-0.05, 0) is 43.6 Å². The van der Waals surface area contributed by atoms with Gasteiger partial charge in [0.15, 0.2) is 0 Å². The normalized spacial score (nSPS) is 17.7. The van der Waals surface area contributed by atoms with E-state index in [0.717, 1.165) is 45.7 Å². The fraction of sp³-hybridized carbons (Fsp3) is 0.600. The predicted octanol–water partition coefficient (Wildman–Crippen LogP) is 1.25. The van der Waals surface area contributed by atoms with E-state index in [2.05, 4.69) is 15.9 Å². The summed E-state index contributed by atoms with van der Waals surface area (Å²) in [6, 6.07) is 7.56. The van der Waals surface area contributed by atoms with Gasteiger partial charge in [0.1, 0.15) is 5.75 Å². The summed E-state index contributed by atoms with van der Waals surface area (Å²) in [7, 11) is 0. The van der Waals surface area contributed by atoms with Crippen molar-refractivity contribution in [3.05, 3.63) is 29.8 Å². The highest BCUT2D eigenvalue weighted by atomic mass is 16.3. The van der Waals surface area contributed by atoms with Crippen LogP contribution in [0.1, 0.15) is 18.4 Å². The molecule has 4 nitrogen and oxygen atoms in total. The number of benzene rings is 1. The summed E-state index contributed by atoms with van der Waals surface area (Å²) in [5.74, 6) is 0.359. The van der Waals surface area contributed by atoms with Crippen LogP contribution in [0.25, 0.3) is 0 Å². The predicted molar refractivity (Wildman–Crippen MR) is 78.1 cm³/mol. The van der Waals surface area contributed by atoms with E-state index >= 15 is 0 Å². The smallest absolute Gasteiger partial charge is 0.115 e. The van der Waals surface area contributed by atoms with Crippen LogP contribution in [0.4, 0.5) is 0 Å². The molecule has 0 aliphatic carbocycles. The van der Waals surface area contributed by atoms with Crippen molar-refractivity contribution >= 4 is 0 Å². The first-order valence-electron chi connectivity index (χ1n) is 7.20. The van der Waals surface area contributed by atoms with E-state index in [1.165, 1.54) is 18.5 Å². The molecule has 1 aliphatic heterocycles. The van der Waals surface area contributed by atoms with E-state index in [4.69, 9.17) is 5.73 Å². The Morgan fingerprint density at radius 3 is 2.47 bits per heavy atom. The Bertz CT molecular complexity index is 375. The first-order valence-corrected chi connectivity index (χ1v) is 7.20. The lowest BCUT2D eigenvalue weighted by Gasteiger charge is -2.34. The van der Waals surface area contributed by atoms with Crippen LogP contribution in [-0.2, 0) is 6.54 Å². The molecule has 1 aromatic rings. The standard InChI is InChI=1S/C15H25N3O/c16-6-1-2-7-17-8-10-18(11-9-17)13-14-4-3-5-15(19)12-14/h3-5,12,19H,1-2,6-11,13,16H2. The van der Waals surface area contributed by atoms with Crippen molar-refractivity contribution in [2.24, 2.45) is 5.73 Å². The van der Waals surface area contributed by atoms with E-state index in [-0.39, 0.29) is 0 Å². The lowest BCUT2D eigenvalue weighted by Crippen LogP contribution is -2.46. The quantitative estimate of drug-likeness (QED) is 0.759. The van der Waals surface area contributed by atoms with E-state index in [1.54, 1.807) is 6.07 Å². The van der Waals surface area contributed by atoms with Crippen LogP contribution in [-0.4, -0.2) is 54.2 Å². The molecule has 1 aromatic carbocycles. The molecule has 0 spiro atoms. The molecule has 19 heavy (non-hydrogen) atoms. The highest BCUT2D eigenvalue weighted by Gasteiger charge is 2.16. The maximum absolute atomic E-state index is 9.47. The molecule has 0 unspecified atom stereocenters. The van der Waals surface area contributed by atoms with Gasteiger partial charge in [-0.2, -0.15) is 0 Å². The summed E-state index contributed by atoms with van der Waals surface area (Å²) in [5.41, 5.74) is 6.71. The van der Waals surface area contributed by atoms with Crippen LogP contribution in [0.3, 0.4) is 0 Å². The lowest BCUT2D eigenvalue weighted by molar-refractivity contribution is 0.126. The van der Waals surface area contributed by atoms with Crippen molar-refractivity contribution in [3.8, 4) is 5.75 Å². The lowest BCUT2D eigenvalue weighted by atomic mass is 10.2. The first-order chi connectivity index (χ1) is 9.28. The molecule has 106 valence electrons. The van der Waals surface area contributed by atoms with Crippen LogP contribution in [0, 0.1) is 0 Å². The number of unbranched alkanes of at least 4 members (excludes halogenated alkanes) is 1. The van der Waals surface area contributed by atoms with E-state index in [9.17, 15) is 5.11 Å². The Morgan fingerprint density at radius 2 is 1.79 bits per heavy atom. The maximum atomic E-state index is 9.47. The van der Waals surface area contributed by atoms with Crippen molar-refractivity contribution < 1.29 is 5.11 Å². The molecule has 0 saturated carbocycles. The second-order valence-electron chi connectivity index (χ2n) is 5.28. The van der Waals surface area contributed by atoms with Gasteiger partial charge >= 0.3 is 0 Å². The highest BCUT2D eigenvalue weighted by Crippen LogP contribution is 2.14. The summed E-state index contributed by atoms with van der Waals surface area (Å²) in [6.07, 6.45) is 2.34. The van der Waals surface area contributed by atoms with Gasteiger partial charge in [-0.1, -0.05) is 12.1 Å². The molecule has 1 aliphatic rings. The molecule has 1 fully saturated rings. The van der Waals surface area contributed by atoms with Gasteiger partial charge < -0.3 is 15.7 Å². The van der Waals surface area contributed by atoms with Gasteiger partial charge in [-0.3, -0.25) is 4.90 Å². The summed E-state index contributed by atoms with van der Waals surface area (Å²) in [6.45, 7) is 7.42. The average molecular weight is 263 g/mol. The molecule has 3 N–H and O–H groups in total. The van der Waals surface area contributed by atoms with Crippen LogP contribution < -0.4 is 5.73 Å². The van der Waals surface area contributed by atoms with Crippen molar-refractivity contribution in [3.63, 3.8) is 0 Å². The highest BCUT2D eigenvalue weighted by molar-refractivity contribution is 5.27. The summed E-state index contributed by atoms with van der Waals surface area (Å²) in [5, 5.41) is 9.47. The van der Waals surface area contributed by atoms with Gasteiger partial charge in [-0.15, -0.1) is 0 Å². The van der Waals surface area contributed by atoms with Gasteiger partial charge in [0.25, 0.3) is 0 Å². The van der Waals surface area contributed by atoms with Gasteiger partial charge in [-0.25, -0.2) is 0 Å². The second-order valence-corrected chi connectivity index (χ2v) is 5.28. The largest absolute Gasteiger partial charge is 0.508 e.